The van der Waals surface area contributed by atoms with Crippen LogP contribution < -0.4 is 10.5 Å². The molecule has 198 valence electrons. The van der Waals surface area contributed by atoms with E-state index in [1.54, 1.807) is 11.6 Å². The predicted molar refractivity (Wildman–Crippen MR) is 135 cm³/mol. The van der Waals surface area contributed by atoms with Crippen LogP contribution in [-0.2, 0) is 24.5 Å². The fraction of sp³-hybridized carbons (Fsp3) is 0.409. The number of ether oxygens (including phenoxy) is 2. The number of esters is 1. The minimum absolute atomic E-state index is 0.113. The van der Waals surface area contributed by atoms with Gasteiger partial charge in [-0.3, -0.25) is 9.89 Å². The number of amidine groups is 1. The van der Waals surface area contributed by atoms with E-state index in [-0.39, 0.29) is 42.3 Å². The van der Waals surface area contributed by atoms with Crippen LogP contribution in [0.1, 0.15) is 16.6 Å². The summed E-state index contributed by atoms with van der Waals surface area (Å²) in [6.45, 7) is 1.13. The highest BCUT2D eigenvalue weighted by Gasteiger charge is 2.43. The van der Waals surface area contributed by atoms with Crippen LogP contribution in [0.15, 0.2) is 46.0 Å². The maximum absolute atomic E-state index is 13.9. The first kappa shape index (κ1) is 26.2. The number of nitrogens with zero attached hydrogens (tertiary/aromatic N) is 4. The molecular formula is C22H24ClFN6O5S2. The van der Waals surface area contributed by atoms with Gasteiger partial charge < -0.3 is 14.8 Å². The zero-order chi connectivity index (χ0) is 26.3. The topological polar surface area (TPSA) is 139 Å². The third kappa shape index (κ3) is 5.27. The third-order valence-corrected chi connectivity index (χ3v) is 8.64. The molecule has 2 bridgehead atoms. The van der Waals surface area contributed by atoms with Gasteiger partial charge in [0.1, 0.15) is 11.9 Å². The van der Waals surface area contributed by atoms with Crippen LogP contribution in [0.25, 0.3) is 0 Å². The van der Waals surface area contributed by atoms with Crippen molar-refractivity contribution in [1.29, 1.82) is 0 Å². The van der Waals surface area contributed by atoms with E-state index in [4.69, 9.17) is 31.2 Å². The van der Waals surface area contributed by atoms with Gasteiger partial charge >= 0.3 is 5.97 Å². The largest absolute Gasteiger partial charge is 0.466 e. The number of nitrogens with two attached hydrogens (primary N) is 1. The van der Waals surface area contributed by atoms with Crippen LogP contribution in [-0.4, -0.2) is 86.5 Å². The van der Waals surface area contributed by atoms with Crippen molar-refractivity contribution in [3.05, 3.63) is 62.5 Å². The molecule has 1 aromatic heterocycles. The number of piperazine rings is 1. The van der Waals surface area contributed by atoms with Gasteiger partial charge in [0, 0.05) is 59.6 Å². The van der Waals surface area contributed by atoms with Crippen LogP contribution in [0.3, 0.4) is 0 Å². The highest BCUT2D eigenvalue weighted by molar-refractivity contribution is 7.86. The molecule has 5 rings (SSSR count). The molecule has 3 aliphatic rings. The monoisotopic (exact) mass is 570 g/mol. The minimum atomic E-state index is -3.87. The van der Waals surface area contributed by atoms with Crippen LogP contribution in [0.2, 0.25) is 5.02 Å². The quantitative estimate of drug-likeness (QED) is 0.491. The Kier molecular flexibility index (Phi) is 7.33. The van der Waals surface area contributed by atoms with E-state index in [1.807, 2.05) is 0 Å². The number of fused-ring (bicyclic) bond motifs is 2. The molecule has 4 heterocycles. The second-order valence-corrected chi connectivity index (χ2v) is 11.6. The van der Waals surface area contributed by atoms with Crippen molar-refractivity contribution in [2.75, 3.05) is 40.0 Å². The lowest BCUT2D eigenvalue weighted by atomic mass is 9.94. The Labute approximate surface area is 221 Å². The van der Waals surface area contributed by atoms with Gasteiger partial charge in [0.25, 0.3) is 10.2 Å². The summed E-state index contributed by atoms with van der Waals surface area (Å²) in [4.78, 5) is 24.3. The lowest BCUT2D eigenvalue weighted by Crippen LogP contribution is -2.66. The first-order chi connectivity index (χ1) is 17.7. The number of carbonyl (C=O) groups excluding carboxylic acids is 1. The summed E-state index contributed by atoms with van der Waals surface area (Å²) >= 11 is 7.77. The number of aromatic nitrogens is 1. The van der Waals surface area contributed by atoms with Crippen LogP contribution in [0, 0.1) is 5.82 Å². The Morgan fingerprint density at radius 1 is 1.35 bits per heavy atom. The molecule has 2 aromatic rings. The summed E-state index contributed by atoms with van der Waals surface area (Å²) in [6.07, 6.45) is 1.64. The Morgan fingerprint density at radius 2 is 2.08 bits per heavy atom. The Hall–Kier alpha value is -2.46. The van der Waals surface area contributed by atoms with Gasteiger partial charge in [-0.2, -0.15) is 12.7 Å². The second-order valence-electron chi connectivity index (χ2n) is 8.77. The van der Waals surface area contributed by atoms with Crippen molar-refractivity contribution in [1.82, 2.24) is 19.5 Å². The molecule has 1 aromatic carbocycles. The van der Waals surface area contributed by atoms with E-state index in [9.17, 15) is 17.6 Å². The summed E-state index contributed by atoms with van der Waals surface area (Å²) in [5.74, 6) is -0.719. The number of nitrogens with one attached hydrogen (secondary N) is 1. The fourth-order valence-corrected chi connectivity index (χ4v) is 6.42. The maximum atomic E-state index is 13.9. The Morgan fingerprint density at radius 3 is 2.68 bits per heavy atom. The molecule has 0 radical (unpaired) electrons. The minimum Gasteiger partial charge on any atom is -0.466 e. The molecule has 2 unspecified atom stereocenters. The summed E-state index contributed by atoms with van der Waals surface area (Å²) in [5, 5.41) is 11.1. The molecular weight excluding hydrogens is 547 g/mol. The molecule has 3 N–H and O–H groups in total. The van der Waals surface area contributed by atoms with E-state index < -0.39 is 28.0 Å². The lowest BCUT2D eigenvalue weighted by molar-refractivity contribution is -0.136. The average molecular weight is 571 g/mol. The maximum Gasteiger partial charge on any atom is 0.338 e. The van der Waals surface area contributed by atoms with Crippen molar-refractivity contribution in [3.8, 4) is 0 Å². The SMILES string of the molecule is COC(=O)C1=C(CN2C3COCC2CN(S(N)(=O)=O)C3)NC(c2nccs2)=N[C@H]1c1ccc(F)cc1Cl. The van der Waals surface area contributed by atoms with E-state index in [0.29, 0.717) is 35.3 Å². The van der Waals surface area contributed by atoms with Crippen molar-refractivity contribution >= 4 is 45.0 Å². The first-order valence-electron chi connectivity index (χ1n) is 11.3. The molecule has 0 aliphatic carbocycles. The number of hydrogen-bond donors (Lipinski definition) is 2. The molecule has 0 spiro atoms. The predicted octanol–water partition coefficient (Wildman–Crippen LogP) is 1.04. The molecule has 2 saturated heterocycles. The number of methoxy groups -OCH3 is 1. The molecule has 37 heavy (non-hydrogen) atoms. The fourth-order valence-electron chi connectivity index (χ4n) is 4.81. The summed E-state index contributed by atoms with van der Waals surface area (Å²) in [7, 11) is -2.60. The molecule has 0 amide bonds. The zero-order valence-corrected chi connectivity index (χ0v) is 22.0. The average Bonchev–Trinajstić information content (AvgIpc) is 3.37. The van der Waals surface area contributed by atoms with Crippen molar-refractivity contribution in [2.24, 2.45) is 10.1 Å². The van der Waals surface area contributed by atoms with Gasteiger partial charge in [0.05, 0.1) is 25.9 Å². The molecule has 0 saturated carbocycles. The van der Waals surface area contributed by atoms with Gasteiger partial charge in [-0.15, -0.1) is 11.3 Å². The van der Waals surface area contributed by atoms with Gasteiger partial charge in [0.15, 0.2) is 10.8 Å². The first-order valence-corrected chi connectivity index (χ1v) is 14.0. The summed E-state index contributed by atoms with van der Waals surface area (Å²) < 4.78 is 50.0. The zero-order valence-electron chi connectivity index (χ0n) is 19.6. The summed E-state index contributed by atoms with van der Waals surface area (Å²) in [6, 6.07) is 2.43. The number of morpholine rings is 1. The van der Waals surface area contributed by atoms with E-state index in [2.05, 4.69) is 15.2 Å². The number of hydrogen-bond acceptors (Lipinski definition) is 10. The second kappa shape index (κ2) is 10.4. The number of rotatable bonds is 6. The highest BCUT2D eigenvalue weighted by atomic mass is 35.5. The van der Waals surface area contributed by atoms with E-state index >= 15 is 0 Å². The number of benzene rings is 1. The third-order valence-electron chi connectivity index (χ3n) is 6.51. The number of carbonyl (C=O) groups is 1. The van der Waals surface area contributed by atoms with Crippen molar-refractivity contribution in [2.45, 2.75) is 18.1 Å². The van der Waals surface area contributed by atoms with Crippen molar-refractivity contribution in [3.63, 3.8) is 0 Å². The number of aliphatic imine (C=N–C) groups is 1. The summed E-state index contributed by atoms with van der Waals surface area (Å²) in [5.41, 5.74) is 1.14. The van der Waals surface area contributed by atoms with Gasteiger partial charge in [-0.1, -0.05) is 17.7 Å². The van der Waals surface area contributed by atoms with Crippen LogP contribution >= 0.6 is 22.9 Å². The van der Waals surface area contributed by atoms with E-state index in [0.717, 1.165) is 0 Å². The van der Waals surface area contributed by atoms with Crippen LogP contribution in [0.4, 0.5) is 4.39 Å². The standard InChI is InChI=1S/C22H24ClFN6O5S2/c1-34-22(31)18-17(9-30-13-7-29(37(25,32)33)8-14(30)11-35-10-13)27-20(21-26-4-5-36-21)28-19(18)15-3-2-12(24)6-16(15)23/h2-6,13-14,19H,7-11H2,1H3,(H,27,28)(H2,25,32,33)/t13?,14?,19-/m0/s1. The molecule has 15 heteroatoms. The normalized spacial score (nSPS) is 25.0. The molecule has 3 aliphatic heterocycles. The Balaban J connectivity index is 1.57. The Bertz CT molecular complexity index is 1360. The molecule has 2 fully saturated rings. The van der Waals surface area contributed by atoms with Gasteiger partial charge in [-0.25, -0.2) is 19.3 Å². The van der Waals surface area contributed by atoms with Gasteiger partial charge in [-0.05, 0) is 12.1 Å². The van der Waals surface area contributed by atoms with Crippen molar-refractivity contribution < 1.29 is 27.1 Å². The van der Waals surface area contributed by atoms with Crippen LogP contribution in [0.5, 0.6) is 0 Å². The molecule has 3 atom stereocenters. The smallest absolute Gasteiger partial charge is 0.338 e. The number of thiazole rings is 1. The number of halogens is 2. The highest BCUT2D eigenvalue weighted by Crippen LogP contribution is 2.37. The van der Waals surface area contributed by atoms with E-state index in [1.165, 1.54) is 41.0 Å². The lowest BCUT2D eigenvalue weighted by Gasteiger charge is -2.49. The van der Waals surface area contributed by atoms with Gasteiger partial charge in [0.2, 0.25) is 0 Å². The molecule has 11 nitrogen and oxygen atoms in total.